The fraction of sp³-hybridized carbons (Fsp3) is 0.538. The number of ether oxygens (including phenoxy) is 1. The van der Waals surface area contributed by atoms with Crippen molar-refractivity contribution in [3.05, 3.63) is 34.9 Å². The lowest BCUT2D eigenvalue weighted by Gasteiger charge is -2.36. The van der Waals surface area contributed by atoms with Gasteiger partial charge in [0.25, 0.3) is 0 Å². The zero-order valence-corrected chi connectivity index (χ0v) is 11.6. The molecule has 1 heterocycles. The van der Waals surface area contributed by atoms with E-state index in [1.807, 2.05) is 25.3 Å². The Hall–Kier alpha value is -0.280. The molecule has 0 unspecified atom stereocenters. The first-order chi connectivity index (χ1) is 7.76. The Balaban J connectivity index is 0.00000144. The third kappa shape index (κ3) is 3.59. The van der Waals surface area contributed by atoms with Crippen molar-refractivity contribution >= 4 is 24.0 Å². The number of halogens is 2. The summed E-state index contributed by atoms with van der Waals surface area (Å²) in [5.41, 5.74) is 1.16. The zero-order valence-electron chi connectivity index (χ0n) is 10.0. The second-order valence-corrected chi connectivity index (χ2v) is 4.81. The summed E-state index contributed by atoms with van der Waals surface area (Å²) >= 11 is 6.19. The largest absolute Gasteiger partial charge is 0.378 e. The highest BCUT2D eigenvalue weighted by Gasteiger charge is 2.32. The molecule has 0 radical (unpaired) electrons. The van der Waals surface area contributed by atoms with Crippen LogP contribution in [0, 0.1) is 0 Å². The van der Waals surface area contributed by atoms with Crippen LogP contribution in [-0.4, -0.2) is 25.8 Å². The van der Waals surface area contributed by atoms with Crippen LogP contribution in [-0.2, 0) is 11.2 Å². The van der Waals surface area contributed by atoms with E-state index in [0.717, 1.165) is 37.4 Å². The van der Waals surface area contributed by atoms with Gasteiger partial charge in [0.05, 0.1) is 5.60 Å². The normalized spacial score (nSPS) is 18.5. The molecule has 1 aliphatic rings. The second kappa shape index (κ2) is 6.60. The Morgan fingerprint density at radius 3 is 2.53 bits per heavy atom. The molecule has 1 saturated heterocycles. The van der Waals surface area contributed by atoms with E-state index in [1.165, 1.54) is 5.56 Å². The van der Waals surface area contributed by atoms with Crippen LogP contribution in [0.3, 0.4) is 0 Å². The summed E-state index contributed by atoms with van der Waals surface area (Å²) in [6, 6.07) is 8.03. The standard InChI is InChI=1S/C13H18ClNO.ClH/c1-16-13(6-8-15-9-7-13)10-11-4-2-3-5-12(11)14;/h2-5,15H,6-10H2,1H3;1H. The van der Waals surface area contributed by atoms with E-state index in [1.54, 1.807) is 0 Å². The van der Waals surface area contributed by atoms with Crippen LogP contribution in [0.25, 0.3) is 0 Å². The first-order valence-electron chi connectivity index (χ1n) is 5.75. The third-order valence-corrected chi connectivity index (χ3v) is 3.79. The predicted octanol–water partition coefficient (Wildman–Crippen LogP) is 3.07. The van der Waals surface area contributed by atoms with Crippen molar-refractivity contribution in [2.75, 3.05) is 20.2 Å². The summed E-state index contributed by atoms with van der Waals surface area (Å²) in [7, 11) is 1.81. The maximum atomic E-state index is 6.19. The van der Waals surface area contributed by atoms with Gasteiger partial charge in [-0.25, -0.2) is 0 Å². The van der Waals surface area contributed by atoms with Crippen molar-refractivity contribution in [1.82, 2.24) is 5.32 Å². The molecule has 0 atom stereocenters. The molecular formula is C13H19Cl2NO. The monoisotopic (exact) mass is 275 g/mol. The molecule has 1 aliphatic heterocycles. The summed E-state index contributed by atoms with van der Waals surface area (Å²) in [6.45, 7) is 2.05. The van der Waals surface area contributed by atoms with Crippen LogP contribution in [0.1, 0.15) is 18.4 Å². The van der Waals surface area contributed by atoms with E-state index in [0.29, 0.717) is 0 Å². The third-order valence-electron chi connectivity index (χ3n) is 3.42. The van der Waals surface area contributed by atoms with Gasteiger partial charge >= 0.3 is 0 Å². The van der Waals surface area contributed by atoms with Gasteiger partial charge in [-0.2, -0.15) is 0 Å². The quantitative estimate of drug-likeness (QED) is 0.916. The number of hydrogen-bond acceptors (Lipinski definition) is 2. The van der Waals surface area contributed by atoms with Crippen LogP contribution in [0.5, 0.6) is 0 Å². The Morgan fingerprint density at radius 2 is 1.94 bits per heavy atom. The smallest absolute Gasteiger partial charge is 0.0743 e. The topological polar surface area (TPSA) is 21.3 Å². The van der Waals surface area contributed by atoms with Crippen LogP contribution in [0.4, 0.5) is 0 Å². The maximum absolute atomic E-state index is 6.19. The highest BCUT2D eigenvalue weighted by molar-refractivity contribution is 6.31. The van der Waals surface area contributed by atoms with Gasteiger partial charge in [-0.3, -0.25) is 0 Å². The number of benzene rings is 1. The first kappa shape index (κ1) is 14.8. The molecule has 0 saturated carbocycles. The number of piperidine rings is 1. The van der Waals surface area contributed by atoms with Gasteiger partial charge in [-0.05, 0) is 37.6 Å². The molecule has 0 spiro atoms. The molecule has 0 aromatic heterocycles. The number of methoxy groups -OCH3 is 1. The Labute approximate surface area is 114 Å². The molecule has 4 heteroatoms. The van der Waals surface area contributed by atoms with E-state index in [2.05, 4.69) is 11.4 Å². The van der Waals surface area contributed by atoms with E-state index in [9.17, 15) is 0 Å². The molecule has 2 nitrogen and oxygen atoms in total. The van der Waals surface area contributed by atoms with E-state index in [-0.39, 0.29) is 18.0 Å². The molecule has 96 valence electrons. The zero-order chi connectivity index (χ0) is 11.4. The first-order valence-corrected chi connectivity index (χ1v) is 6.13. The van der Waals surface area contributed by atoms with Crippen LogP contribution >= 0.6 is 24.0 Å². The van der Waals surface area contributed by atoms with Gasteiger partial charge < -0.3 is 10.1 Å². The average molecular weight is 276 g/mol. The van der Waals surface area contributed by atoms with Crippen molar-refractivity contribution < 1.29 is 4.74 Å². The fourth-order valence-electron chi connectivity index (χ4n) is 2.32. The highest BCUT2D eigenvalue weighted by atomic mass is 35.5. The van der Waals surface area contributed by atoms with E-state index >= 15 is 0 Å². The lowest BCUT2D eigenvalue weighted by Crippen LogP contribution is -2.45. The molecular weight excluding hydrogens is 257 g/mol. The van der Waals surface area contributed by atoms with Gasteiger partial charge in [0.1, 0.15) is 0 Å². The minimum Gasteiger partial charge on any atom is -0.378 e. The van der Waals surface area contributed by atoms with Gasteiger partial charge in [0.2, 0.25) is 0 Å². The van der Waals surface area contributed by atoms with Gasteiger partial charge in [-0.15, -0.1) is 12.4 Å². The van der Waals surface area contributed by atoms with E-state index < -0.39 is 0 Å². The summed E-state index contributed by atoms with van der Waals surface area (Å²) in [5, 5.41) is 4.21. The summed E-state index contributed by atoms with van der Waals surface area (Å²) in [6.07, 6.45) is 3.01. The Morgan fingerprint density at radius 1 is 1.29 bits per heavy atom. The SMILES string of the molecule is COC1(Cc2ccccc2Cl)CCNCC1.Cl. The lowest BCUT2D eigenvalue weighted by molar-refractivity contribution is -0.0333. The van der Waals surface area contributed by atoms with Crippen molar-refractivity contribution in [1.29, 1.82) is 0 Å². The summed E-state index contributed by atoms with van der Waals surface area (Å²) < 4.78 is 5.74. The highest BCUT2D eigenvalue weighted by Crippen LogP contribution is 2.29. The molecule has 1 N–H and O–H groups in total. The minimum absolute atomic E-state index is 0. The molecule has 0 bridgehead atoms. The molecule has 17 heavy (non-hydrogen) atoms. The summed E-state index contributed by atoms with van der Waals surface area (Å²) in [5.74, 6) is 0. The Kier molecular flexibility index (Phi) is 5.74. The van der Waals surface area contributed by atoms with Crippen LogP contribution in [0.2, 0.25) is 5.02 Å². The number of nitrogens with one attached hydrogen (secondary N) is 1. The average Bonchev–Trinajstić information content (AvgIpc) is 2.33. The molecule has 1 aromatic carbocycles. The fourth-order valence-corrected chi connectivity index (χ4v) is 2.53. The molecule has 0 aliphatic carbocycles. The van der Waals surface area contributed by atoms with Gasteiger partial charge in [0, 0.05) is 18.6 Å². The van der Waals surface area contributed by atoms with E-state index in [4.69, 9.17) is 16.3 Å². The molecule has 0 amide bonds. The van der Waals surface area contributed by atoms with Gasteiger partial charge in [-0.1, -0.05) is 29.8 Å². The minimum atomic E-state index is -0.0315. The maximum Gasteiger partial charge on any atom is 0.0743 e. The van der Waals surface area contributed by atoms with Crippen molar-refractivity contribution in [2.45, 2.75) is 24.9 Å². The van der Waals surface area contributed by atoms with Crippen molar-refractivity contribution in [2.24, 2.45) is 0 Å². The number of hydrogen-bond donors (Lipinski definition) is 1. The van der Waals surface area contributed by atoms with Crippen LogP contribution in [0.15, 0.2) is 24.3 Å². The Bertz CT molecular complexity index is 351. The van der Waals surface area contributed by atoms with Crippen molar-refractivity contribution in [3.63, 3.8) is 0 Å². The molecule has 1 aromatic rings. The van der Waals surface area contributed by atoms with Crippen molar-refractivity contribution in [3.8, 4) is 0 Å². The molecule has 2 rings (SSSR count). The van der Waals surface area contributed by atoms with Crippen LogP contribution < -0.4 is 5.32 Å². The number of rotatable bonds is 3. The van der Waals surface area contributed by atoms with Gasteiger partial charge in [0.15, 0.2) is 0 Å². The molecule has 1 fully saturated rings. The summed E-state index contributed by atoms with van der Waals surface area (Å²) in [4.78, 5) is 0. The second-order valence-electron chi connectivity index (χ2n) is 4.41. The predicted molar refractivity (Wildman–Crippen MR) is 74.2 cm³/mol. The lowest BCUT2D eigenvalue weighted by atomic mass is 9.86.